The summed E-state index contributed by atoms with van der Waals surface area (Å²) < 4.78 is 5.93. The normalized spacial score (nSPS) is 14.5. The number of hydrogen-bond donors (Lipinski definition) is 0. The van der Waals surface area contributed by atoms with Crippen LogP contribution in [0.2, 0.25) is 0 Å². The van der Waals surface area contributed by atoms with E-state index in [4.69, 9.17) is 4.74 Å². The Morgan fingerprint density at radius 1 is 0.969 bits per heavy atom. The fourth-order valence-electron chi connectivity index (χ4n) is 3.94. The van der Waals surface area contributed by atoms with E-state index in [1.807, 2.05) is 85.8 Å². The lowest BCUT2D eigenvalue weighted by Gasteiger charge is -2.39. The van der Waals surface area contributed by atoms with E-state index in [1.165, 1.54) is 0 Å². The molecule has 0 saturated carbocycles. The smallest absolute Gasteiger partial charge is 0.270 e. The SMILES string of the molecule is Cc1ccc2c(c1)N(CCC(=O)N(Cc1ccccc1)c1ccccc1)C(=O)C(C)(C)O2. The summed E-state index contributed by atoms with van der Waals surface area (Å²) in [6.45, 7) is 6.27. The summed E-state index contributed by atoms with van der Waals surface area (Å²) in [5.41, 5.74) is 2.66. The molecule has 0 unspecified atom stereocenters. The fraction of sp³-hybridized carbons (Fsp3) is 0.259. The van der Waals surface area contributed by atoms with Gasteiger partial charge in [0, 0.05) is 18.7 Å². The number of benzene rings is 3. The molecule has 0 radical (unpaired) electrons. The Bertz CT molecular complexity index is 1110. The first-order valence-corrected chi connectivity index (χ1v) is 10.9. The van der Waals surface area contributed by atoms with Gasteiger partial charge in [-0.05, 0) is 56.2 Å². The molecule has 0 aromatic heterocycles. The van der Waals surface area contributed by atoms with Crippen molar-refractivity contribution in [2.45, 2.75) is 39.3 Å². The molecule has 0 N–H and O–H groups in total. The first-order chi connectivity index (χ1) is 15.3. The van der Waals surface area contributed by atoms with Gasteiger partial charge >= 0.3 is 0 Å². The van der Waals surface area contributed by atoms with Crippen molar-refractivity contribution in [3.63, 3.8) is 0 Å². The maximum absolute atomic E-state index is 13.4. The number of fused-ring (bicyclic) bond motifs is 1. The third-order valence-electron chi connectivity index (χ3n) is 5.63. The minimum Gasteiger partial charge on any atom is -0.476 e. The molecule has 0 saturated heterocycles. The third-order valence-corrected chi connectivity index (χ3v) is 5.63. The van der Waals surface area contributed by atoms with E-state index in [1.54, 1.807) is 23.6 Å². The van der Waals surface area contributed by atoms with Crippen LogP contribution in [0.3, 0.4) is 0 Å². The Morgan fingerprint density at radius 2 is 1.62 bits per heavy atom. The highest BCUT2D eigenvalue weighted by atomic mass is 16.5. The number of hydrogen-bond acceptors (Lipinski definition) is 3. The van der Waals surface area contributed by atoms with Crippen LogP contribution >= 0.6 is 0 Å². The fourth-order valence-corrected chi connectivity index (χ4v) is 3.94. The lowest BCUT2D eigenvalue weighted by molar-refractivity contribution is -0.132. The van der Waals surface area contributed by atoms with Crippen molar-refractivity contribution < 1.29 is 14.3 Å². The Morgan fingerprint density at radius 3 is 2.31 bits per heavy atom. The number of rotatable bonds is 6. The second kappa shape index (κ2) is 8.87. The van der Waals surface area contributed by atoms with Crippen molar-refractivity contribution in [3.8, 4) is 5.75 Å². The maximum atomic E-state index is 13.4. The van der Waals surface area contributed by atoms with E-state index < -0.39 is 5.60 Å². The summed E-state index contributed by atoms with van der Waals surface area (Å²) in [6.07, 6.45) is 0.205. The van der Waals surface area contributed by atoms with Crippen LogP contribution in [-0.2, 0) is 16.1 Å². The van der Waals surface area contributed by atoms with Gasteiger partial charge in [0.25, 0.3) is 5.91 Å². The van der Waals surface area contributed by atoms with Crippen LogP contribution in [-0.4, -0.2) is 24.0 Å². The first-order valence-electron chi connectivity index (χ1n) is 10.9. The van der Waals surface area contributed by atoms with Crippen molar-refractivity contribution in [1.29, 1.82) is 0 Å². The molecule has 2 amide bonds. The Hall–Kier alpha value is -3.60. The summed E-state index contributed by atoms with van der Waals surface area (Å²) in [5.74, 6) is 0.487. The molecule has 164 valence electrons. The van der Waals surface area contributed by atoms with E-state index >= 15 is 0 Å². The van der Waals surface area contributed by atoms with Crippen molar-refractivity contribution >= 4 is 23.2 Å². The average molecular weight is 429 g/mol. The van der Waals surface area contributed by atoms with Gasteiger partial charge in [0.15, 0.2) is 5.60 Å². The molecule has 5 heteroatoms. The number of nitrogens with zero attached hydrogens (tertiary/aromatic N) is 2. The zero-order valence-corrected chi connectivity index (χ0v) is 18.7. The van der Waals surface area contributed by atoms with Crippen molar-refractivity contribution in [2.75, 3.05) is 16.3 Å². The molecule has 0 atom stereocenters. The van der Waals surface area contributed by atoms with E-state index in [2.05, 4.69) is 0 Å². The summed E-state index contributed by atoms with van der Waals surface area (Å²) in [4.78, 5) is 30.0. The third kappa shape index (κ3) is 4.52. The molecule has 1 aliphatic rings. The summed E-state index contributed by atoms with van der Waals surface area (Å²) in [7, 11) is 0. The first kappa shape index (κ1) is 21.6. The predicted molar refractivity (Wildman–Crippen MR) is 127 cm³/mol. The summed E-state index contributed by atoms with van der Waals surface area (Å²) >= 11 is 0. The Labute approximate surface area is 189 Å². The van der Waals surface area contributed by atoms with Gasteiger partial charge in [-0.2, -0.15) is 0 Å². The molecular weight excluding hydrogens is 400 g/mol. The highest BCUT2D eigenvalue weighted by Crippen LogP contribution is 2.38. The van der Waals surface area contributed by atoms with Gasteiger partial charge in [-0.3, -0.25) is 9.59 Å². The van der Waals surface area contributed by atoms with E-state index in [0.717, 1.165) is 22.5 Å². The van der Waals surface area contributed by atoms with Gasteiger partial charge in [0.05, 0.1) is 12.2 Å². The molecule has 0 spiro atoms. The number of aryl methyl sites for hydroxylation is 1. The zero-order valence-electron chi connectivity index (χ0n) is 18.7. The van der Waals surface area contributed by atoms with Crippen LogP contribution < -0.4 is 14.5 Å². The zero-order chi connectivity index (χ0) is 22.7. The molecule has 0 fully saturated rings. The predicted octanol–water partition coefficient (Wildman–Crippen LogP) is 5.12. The van der Waals surface area contributed by atoms with Crippen molar-refractivity contribution in [1.82, 2.24) is 0 Å². The van der Waals surface area contributed by atoms with Crippen LogP contribution in [0.25, 0.3) is 0 Å². The largest absolute Gasteiger partial charge is 0.476 e. The van der Waals surface area contributed by atoms with Crippen LogP contribution in [0.15, 0.2) is 78.9 Å². The van der Waals surface area contributed by atoms with Gasteiger partial charge in [-0.25, -0.2) is 0 Å². The standard InChI is InChI=1S/C27H28N2O3/c1-20-14-15-24-23(18-20)28(26(31)27(2,3)32-24)17-16-25(30)29(22-12-8-5-9-13-22)19-21-10-6-4-7-11-21/h4-15,18H,16-17,19H2,1-3H3. The minimum absolute atomic E-state index is 0.0358. The van der Waals surface area contributed by atoms with Crippen LogP contribution in [0, 0.1) is 6.92 Å². The van der Waals surface area contributed by atoms with Crippen molar-refractivity contribution in [3.05, 3.63) is 90.0 Å². The monoisotopic (exact) mass is 428 g/mol. The number of carbonyl (C=O) groups is 2. The number of ether oxygens (including phenoxy) is 1. The van der Waals surface area contributed by atoms with Crippen LogP contribution in [0.5, 0.6) is 5.75 Å². The van der Waals surface area contributed by atoms with Gasteiger partial charge in [-0.15, -0.1) is 0 Å². The molecule has 1 heterocycles. The van der Waals surface area contributed by atoms with Crippen LogP contribution in [0.1, 0.15) is 31.4 Å². The minimum atomic E-state index is -0.978. The molecule has 0 aliphatic carbocycles. The highest BCUT2D eigenvalue weighted by Gasteiger charge is 2.41. The Kier molecular flexibility index (Phi) is 5.99. The van der Waals surface area contributed by atoms with Crippen LogP contribution in [0.4, 0.5) is 11.4 Å². The Balaban J connectivity index is 1.58. The summed E-state index contributed by atoms with van der Waals surface area (Å²) in [6, 6.07) is 25.4. The molecule has 0 bridgehead atoms. The second-order valence-electron chi connectivity index (χ2n) is 8.59. The van der Waals surface area contributed by atoms with E-state index in [0.29, 0.717) is 18.8 Å². The lowest BCUT2D eigenvalue weighted by Crippen LogP contribution is -2.53. The number of para-hydroxylation sites is 1. The van der Waals surface area contributed by atoms with E-state index in [9.17, 15) is 9.59 Å². The number of carbonyl (C=O) groups excluding carboxylic acids is 2. The van der Waals surface area contributed by atoms with E-state index in [-0.39, 0.29) is 18.2 Å². The molecule has 3 aromatic carbocycles. The quantitative estimate of drug-likeness (QED) is 0.547. The number of amides is 2. The highest BCUT2D eigenvalue weighted by molar-refractivity contribution is 6.03. The van der Waals surface area contributed by atoms with Gasteiger partial charge < -0.3 is 14.5 Å². The van der Waals surface area contributed by atoms with Crippen molar-refractivity contribution in [2.24, 2.45) is 0 Å². The average Bonchev–Trinajstić information content (AvgIpc) is 2.79. The molecule has 1 aliphatic heterocycles. The van der Waals surface area contributed by atoms with Gasteiger partial charge in [0.2, 0.25) is 5.91 Å². The molecule has 32 heavy (non-hydrogen) atoms. The summed E-state index contributed by atoms with van der Waals surface area (Å²) in [5, 5.41) is 0. The molecule has 4 rings (SSSR count). The molecule has 3 aromatic rings. The lowest BCUT2D eigenvalue weighted by atomic mass is 10.0. The molecular formula is C27H28N2O3. The van der Waals surface area contributed by atoms with Gasteiger partial charge in [0.1, 0.15) is 5.75 Å². The second-order valence-corrected chi connectivity index (χ2v) is 8.59. The topological polar surface area (TPSA) is 49.9 Å². The van der Waals surface area contributed by atoms with Gasteiger partial charge in [-0.1, -0.05) is 54.6 Å². The molecule has 5 nitrogen and oxygen atoms in total. The maximum Gasteiger partial charge on any atom is 0.270 e. The number of anilines is 2.